The molecule has 1 aliphatic carbocycles. The minimum atomic E-state index is -0.0107. The van der Waals surface area contributed by atoms with E-state index in [1.807, 2.05) is 11.0 Å². The van der Waals surface area contributed by atoms with Gasteiger partial charge in [-0.25, -0.2) is 19.9 Å². The van der Waals surface area contributed by atoms with Gasteiger partial charge in [-0.1, -0.05) is 0 Å². The van der Waals surface area contributed by atoms with Gasteiger partial charge in [0.25, 0.3) is 5.91 Å². The number of amides is 1. The van der Waals surface area contributed by atoms with E-state index < -0.39 is 0 Å². The van der Waals surface area contributed by atoms with Crippen molar-refractivity contribution < 1.29 is 4.79 Å². The van der Waals surface area contributed by atoms with Gasteiger partial charge in [0, 0.05) is 31.1 Å². The lowest BCUT2D eigenvalue weighted by atomic mass is 10.1. The van der Waals surface area contributed by atoms with Crippen LogP contribution in [0.25, 0.3) is 0 Å². The van der Waals surface area contributed by atoms with Crippen molar-refractivity contribution >= 4 is 5.91 Å². The van der Waals surface area contributed by atoms with E-state index in [1.54, 1.807) is 18.6 Å². The summed E-state index contributed by atoms with van der Waals surface area (Å²) in [6, 6.07) is 1.90. The van der Waals surface area contributed by atoms with Gasteiger partial charge in [0.05, 0.1) is 17.3 Å². The first-order chi connectivity index (χ1) is 10.8. The number of carbonyl (C=O) groups excluding carboxylic acids is 1. The van der Waals surface area contributed by atoms with Crippen molar-refractivity contribution in [3.05, 3.63) is 48.1 Å². The first kappa shape index (κ1) is 13.3. The summed E-state index contributed by atoms with van der Waals surface area (Å²) in [4.78, 5) is 31.5. The Kier molecular flexibility index (Phi) is 3.29. The number of hydrogen-bond donors (Lipinski definition) is 0. The molecule has 1 saturated carbocycles. The first-order valence-corrected chi connectivity index (χ1v) is 7.72. The van der Waals surface area contributed by atoms with Gasteiger partial charge in [-0.15, -0.1) is 0 Å². The maximum atomic E-state index is 12.7. The summed E-state index contributed by atoms with van der Waals surface area (Å²) in [6.45, 7) is 0.748. The van der Waals surface area contributed by atoms with Crippen LogP contribution in [0.5, 0.6) is 0 Å². The van der Waals surface area contributed by atoms with Crippen LogP contribution in [0, 0.1) is 0 Å². The molecule has 6 nitrogen and oxygen atoms in total. The highest BCUT2D eigenvalue weighted by molar-refractivity contribution is 5.94. The lowest BCUT2D eigenvalue weighted by Crippen LogP contribution is -2.31. The number of rotatable bonds is 3. The van der Waals surface area contributed by atoms with Crippen LogP contribution < -0.4 is 0 Å². The third kappa shape index (κ3) is 2.45. The molecule has 4 rings (SSSR count). The Hall–Kier alpha value is -2.37. The number of carbonyl (C=O) groups is 1. The summed E-state index contributed by atoms with van der Waals surface area (Å²) in [5, 5.41) is 0. The van der Waals surface area contributed by atoms with Crippen molar-refractivity contribution in [3.63, 3.8) is 0 Å². The second-order valence-corrected chi connectivity index (χ2v) is 5.90. The Morgan fingerprint density at radius 3 is 2.64 bits per heavy atom. The van der Waals surface area contributed by atoms with Crippen LogP contribution in [0.3, 0.4) is 0 Å². The minimum absolute atomic E-state index is 0.0107. The standard InChI is InChI=1S/C16H17N5O/c22-16(12-8-18-15(19-9-12)11-3-4-11)21-7-1-2-14(21)13-5-6-17-10-20-13/h5-6,8-11,14H,1-4,7H2. The number of nitrogens with zero attached hydrogens (tertiary/aromatic N) is 5. The average Bonchev–Trinajstić information content (AvgIpc) is 3.32. The molecule has 1 atom stereocenters. The van der Waals surface area contributed by atoms with Crippen molar-refractivity contribution in [1.82, 2.24) is 24.8 Å². The molecule has 1 unspecified atom stereocenters. The van der Waals surface area contributed by atoms with E-state index in [4.69, 9.17) is 0 Å². The van der Waals surface area contributed by atoms with Gasteiger partial charge in [0.15, 0.2) is 0 Å². The molecule has 2 aliphatic rings. The molecule has 0 spiro atoms. The third-order valence-electron chi connectivity index (χ3n) is 4.32. The highest BCUT2D eigenvalue weighted by Crippen LogP contribution is 2.37. The molecule has 2 aromatic heterocycles. The smallest absolute Gasteiger partial charge is 0.257 e. The fourth-order valence-corrected chi connectivity index (χ4v) is 2.98. The summed E-state index contributed by atoms with van der Waals surface area (Å²) in [6.07, 6.45) is 10.8. The second kappa shape index (κ2) is 5.44. The van der Waals surface area contributed by atoms with Crippen LogP contribution in [0.1, 0.15) is 59.5 Å². The van der Waals surface area contributed by atoms with Gasteiger partial charge in [-0.05, 0) is 31.7 Å². The molecule has 22 heavy (non-hydrogen) atoms. The third-order valence-corrected chi connectivity index (χ3v) is 4.32. The summed E-state index contributed by atoms with van der Waals surface area (Å²) >= 11 is 0. The summed E-state index contributed by atoms with van der Waals surface area (Å²) < 4.78 is 0. The first-order valence-electron chi connectivity index (χ1n) is 7.72. The monoisotopic (exact) mass is 295 g/mol. The van der Waals surface area contributed by atoms with Gasteiger partial charge in [-0.2, -0.15) is 0 Å². The zero-order valence-electron chi connectivity index (χ0n) is 12.2. The molecular weight excluding hydrogens is 278 g/mol. The summed E-state index contributed by atoms with van der Waals surface area (Å²) in [5.74, 6) is 1.36. The number of likely N-dealkylation sites (tertiary alicyclic amines) is 1. The van der Waals surface area contributed by atoms with Gasteiger partial charge >= 0.3 is 0 Å². The molecule has 0 N–H and O–H groups in total. The van der Waals surface area contributed by atoms with Crippen LogP contribution in [0.2, 0.25) is 0 Å². The minimum Gasteiger partial charge on any atom is -0.330 e. The second-order valence-electron chi connectivity index (χ2n) is 5.90. The Bertz CT molecular complexity index is 669. The maximum absolute atomic E-state index is 12.7. The van der Waals surface area contributed by atoms with Gasteiger partial charge in [0.1, 0.15) is 12.2 Å². The van der Waals surface area contributed by atoms with Crippen molar-refractivity contribution in [1.29, 1.82) is 0 Å². The van der Waals surface area contributed by atoms with Crippen LogP contribution in [0.15, 0.2) is 31.0 Å². The fraction of sp³-hybridized carbons (Fsp3) is 0.438. The van der Waals surface area contributed by atoms with E-state index in [9.17, 15) is 4.79 Å². The molecule has 112 valence electrons. The molecule has 1 aliphatic heterocycles. The van der Waals surface area contributed by atoms with Gasteiger partial charge in [0.2, 0.25) is 0 Å². The lowest BCUT2D eigenvalue weighted by Gasteiger charge is -2.24. The van der Waals surface area contributed by atoms with Crippen molar-refractivity contribution in [2.75, 3.05) is 6.54 Å². The Morgan fingerprint density at radius 2 is 1.95 bits per heavy atom. The summed E-state index contributed by atoms with van der Waals surface area (Å²) in [7, 11) is 0. The van der Waals surface area contributed by atoms with E-state index in [0.29, 0.717) is 11.5 Å². The molecule has 1 amide bonds. The zero-order chi connectivity index (χ0) is 14.9. The average molecular weight is 295 g/mol. The Balaban J connectivity index is 1.55. The SMILES string of the molecule is O=C(c1cnc(C2CC2)nc1)N1CCCC1c1ccncn1. The van der Waals surface area contributed by atoms with Gasteiger partial charge < -0.3 is 4.90 Å². The predicted octanol–water partition coefficient (Wildman–Crippen LogP) is 2.12. The number of aromatic nitrogens is 4. The zero-order valence-corrected chi connectivity index (χ0v) is 12.2. The molecule has 1 saturated heterocycles. The molecular formula is C16H17N5O. The predicted molar refractivity (Wildman–Crippen MR) is 79.1 cm³/mol. The molecule has 0 bridgehead atoms. The van der Waals surface area contributed by atoms with Crippen molar-refractivity contribution in [3.8, 4) is 0 Å². The largest absolute Gasteiger partial charge is 0.330 e. The van der Waals surface area contributed by atoms with E-state index in [1.165, 1.54) is 6.33 Å². The van der Waals surface area contributed by atoms with Crippen LogP contribution in [-0.4, -0.2) is 37.3 Å². The Labute approximate surface area is 128 Å². The normalized spacial score (nSPS) is 21.1. The van der Waals surface area contributed by atoms with Gasteiger partial charge in [-0.3, -0.25) is 4.79 Å². The molecule has 3 heterocycles. The summed E-state index contributed by atoms with van der Waals surface area (Å²) in [5.41, 5.74) is 1.46. The van der Waals surface area contributed by atoms with Crippen LogP contribution >= 0.6 is 0 Å². The fourth-order valence-electron chi connectivity index (χ4n) is 2.98. The van der Waals surface area contributed by atoms with Crippen LogP contribution in [-0.2, 0) is 0 Å². The van der Waals surface area contributed by atoms with E-state index >= 15 is 0 Å². The molecule has 0 radical (unpaired) electrons. The molecule has 2 fully saturated rings. The molecule has 2 aromatic rings. The van der Waals surface area contributed by atoms with E-state index in [2.05, 4.69) is 19.9 Å². The number of hydrogen-bond acceptors (Lipinski definition) is 5. The van der Waals surface area contributed by atoms with Crippen molar-refractivity contribution in [2.45, 2.75) is 37.6 Å². The molecule has 6 heteroatoms. The Morgan fingerprint density at radius 1 is 1.14 bits per heavy atom. The topological polar surface area (TPSA) is 71.9 Å². The molecule has 0 aromatic carbocycles. The van der Waals surface area contributed by atoms with Crippen molar-refractivity contribution in [2.24, 2.45) is 0 Å². The maximum Gasteiger partial charge on any atom is 0.257 e. The highest BCUT2D eigenvalue weighted by Gasteiger charge is 2.32. The van der Waals surface area contributed by atoms with E-state index in [-0.39, 0.29) is 11.9 Å². The lowest BCUT2D eigenvalue weighted by molar-refractivity contribution is 0.0732. The highest BCUT2D eigenvalue weighted by atomic mass is 16.2. The van der Waals surface area contributed by atoms with E-state index in [0.717, 1.165) is 43.7 Å². The van der Waals surface area contributed by atoms with Crippen LogP contribution in [0.4, 0.5) is 0 Å². The quantitative estimate of drug-likeness (QED) is 0.867.